The van der Waals surface area contributed by atoms with Crippen molar-refractivity contribution in [3.8, 4) is 5.75 Å². The first-order valence-corrected chi connectivity index (χ1v) is 6.17. The van der Waals surface area contributed by atoms with Crippen LogP contribution in [0.5, 0.6) is 5.75 Å². The van der Waals surface area contributed by atoms with E-state index in [9.17, 15) is 4.79 Å². The molecule has 1 amide bonds. The van der Waals surface area contributed by atoms with Gasteiger partial charge in [-0.3, -0.25) is 4.79 Å². The maximum absolute atomic E-state index is 11.1. The highest BCUT2D eigenvalue weighted by atomic mass is 16.5. The fourth-order valence-corrected chi connectivity index (χ4v) is 1.55. The van der Waals surface area contributed by atoms with Crippen molar-refractivity contribution < 1.29 is 14.3 Å². The highest BCUT2D eigenvalue weighted by Crippen LogP contribution is 2.21. The Labute approximate surface area is 108 Å². The lowest BCUT2D eigenvalue weighted by Crippen LogP contribution is -2.12. The van der Waals surface area contributed by atoms with Crippen LogP contribution in [0, 0.1) is 5.92 Å². The number of ether oxygens (including phenoxy) is 2. The number of rotatable bonds is 7. The molecule has 0 aliphatic carbocycles. The molecule has 0 unspecified atom stereocenters. The summed E-state index contributed by atoms with van der Waals surface area (Å²) in [6.45, 7) is 7.77. The minimum atomic E-state index is -0.442. The molecule has 0 heterocycles. The van der Waals surface area contributed by atoms with Crippen molar-refractivity contribution in [2.24, 2.45) is 11.7 Å². The maximum Gasteiger partial charge on any atom is 0.248 e. The van der Waals surface area contributed by atoms with Gasteiger partial charge in [0.25, 0.3) is 0 Å². The first kappa shape index (κ1) is 14.5. The zero-order valence-corrected chi connectivity index (χ0v) is 11.2. The van der Waals surface area contributed by atoms with Crippen molar-refractivity contribution in [1.82, 2.24) is 0 Å². The van der Waals surface area contributed by atoms with E-state index in [2.05, 4.69) is 13.8 Å². The second-order valence-corrected chi connectivity index (χ2v) is 4.53. The lowest BCUT2D eigenvalue weighted by Gasteiger charge is -2.12. The molecule has 0 atom stereocenters. The second-order valence-electron chi connectivity index (χ2n) is 4.53. The van der Waals surface area contributed by atoms with Crippen LogP contribution < -0.4 is 10.5 Å². The van der Waals surface area contributed by atoms with Crippen LogP contribution in [0.2, 0.25) is 0 Å². The number of hydrogen-bond acceptors (Lipinski definition) is 3. The van der Waals surface area contributed by atoms with E-state index < -0.39 is 5.91 Å². The molecular formula is C14H21NO3. The highest BCUT2D eigenvalue weighted by molar-refractivity contribution is 5.93. The predicted octanol–water partition coefficient (Wildman–Crippen LogP) is 2.36. The van der Waals surface area contributed by atoms with E-state index in [1.165, 1.54) is 0 Å². The second kappa shape index (κ2) is 7.01. The number of hydrogen-bond donors (Lipinski definition) is 1. The zero-order valence-electron chi connectivity index (χ0n) is 11.2. The van der Waals surface area contributed by atoms with Crippen LogP contribution in [0.4, 0.5) is 0 Å². The van der Waals surface area contributed by atoms with Gasteiger partial charge < -0.3 is 15.2 Å². The third-order valence-electron chi connectivity index (χ3n) is 2.35. The molecule has 2 N–H and O–H groups in total. The molecule has 0 fully saturated rings. The average molecular weight is 251 g/mol. The summed E-state index contributed by atoms with van der Waals surface area (Å²) in [7, 11) is 0. The summed E-state index contributed by atoms with van der Waals surface area (Å²) < 4.78 is 11.1. The fraction of sp³-hybridized carbons (Fsp3) is 0.500. The largest absolute Gasteiger partial charge is 0.494 e. The molecule has 4 heteroatoms. The van der Waals surface area contributed by atoms with Crippen LogP contribution >= 0.6 is 0 Å². The van der Waals surface area contributed by atoms with Crippen molar-refractivity contribution in [1.29, 1.82) is 0 Å². The van der Waals surface area contributed by atoms with Crippen molar-refractivity contribution in [2.45, 2.75) is 27.4 Å². The van der Waals surface area contributed by atoms with Gasteiger partial charge in [-0.2, -0.15) is 0 Å². The van der Waals surface area contributed by atoms with Gasteiger partial charge in [0.1, 0.15) is 5.75 Å². The average Bonchev–Trinajstić information content (AvgIpc) is 2.30. The van der Waals surface area contributed by atoms with Gasteiger partial charge in [-0.15, -0.1) is 0 Å². The molecule has 0 bridgehead atoms. The summed E-state index contributed by atoms with van der Waals surface area (Å²) in [6.07, 6.45) is 0. The molecule has 0 aliphatic heterocycles. The number of carbonyl (C=O) groups excluding carboxylic acids is 1. The number of amides is 1. The minimum Gasteiger partial charge on any atom is -0.494 e. The summed E-state index contributed by atoms with van der Waals surface area (Å²) in [5.74, 6) is 0.772. The minimum absolute atomic E-state index is 0.425. The Balaban J connectivity index is 2.82. The monoisotopic (exact) mass is 251 g/mol. The van der Waals surface area contributed by atoms with Gasteiger partial charge in [0.05, 0.1) is 13.2 Å². The van der Waals surface area contributed by atoms with Crippen LogP contribution in [0.15, 0.2) is 18.2 Å². The van der Waals surface area contributed by atoms with Crippen molar-refractivity contribution in [3.63, 3.8) is 0 Å². The van der Waals surface area contributed by atoms with Gasteiger partial charge in [0.15, 0.2) is 0 Å². The summed E-state index contributed by atoms with van der Waals surface area (Å²) in [5, 5.41) is 0. The molecule has 1 aromatic rings. The SMILES string of the molecule is CCOc1ccc(C(N)=O)cc1COCC(C)C. The first-order chi connectivity index (χ1) is 8.54. The van der Waals surface area contributed by atoms with Crippen LogP contribution in [0.1, 0.15) is 36.7 Å². The van der Waals surface area contributed by atoms with Gasteiger partial charge in [-0.1, -0.05) is 13.8 Å². The number of nitrogens with two attached hydrogens (primary N) is 1. The molecule has 100 valence electrons. The van der Waals surface area contributed by atoms with Crippen molar-refractivity contribution >= 4 is 5.91 Å². The van der Waals surface area contributed by atoms with E-state index in [0.717, 1.165) is 11.3 Å². The Kier molecular flexibility index (Phi) is 5.65. The van der Waals surface area contributed by atoms with Gasteiger partial charge in [0.2, 0.25) is 5.91 Å². The van der Waals surface area contributed by atoms with E-state index in [1.807, 2.05) is 6.92 Å². The molecule has 4 nitrogen and oxygen atoms in total. The molecule has 0 saturated carbocycles. The van der Waals surface area contributed by atoms with E-state index in [0.29, 0.717) is 31.3 Å². The summed E-state index contributed by atoms with van der Waals surface area (Å²) in [4.78, 5) is 11.1. The lowest BCUT2D eigenvalue weighted by molar-refractivity contribution is 0.0947. The Morgan fingerprint density at radius 2 is 2.11 bits per heavy atom. The third-order valence-corrected chi connectivity index (χ3v) is 2.35. The van der Waals surface area contributed by atoms with Gasteiger partial charge >= 0.3 is 0 Å². The van der Waals surface area contributed by atoms with Crippen LogP contribution in [-0.2, 0) is 11.3 Å². The standard InChI is InChI=1S/C14H21NO3/c1-4-18-13-6-5-11(14(15)16)7-12(13)9-17-8-10(2)3/h5-7,10H,4,8-9H2,1-3H3,(H2,15,16). The smallest absolute Gasteiger partial charge is 0.248 e. The third kappa shape index (κ3) is 4.37. The van der Waals surface area contributed by atoms with Crippen molar-refractivity contribution in [2.75, 3.05) is 13.2 Å². The normalized spacial score (nSPS) is 10.7. The lowest BCUT2D eigenvalue weighted by atomic mass is 10.1. The molecule has 0 saturated heterocycles. The Morgan fingerprint density at radius 3 is 2.67 bits per heavy atom. The summed E-state index contributed by atoms with van der Waals surface area (Å²) in [5.41, 5.74) is 6.59. The summed E-state index contributed by atoms with van der Waals surface area (Å²) >= 11 is 0. The first-order valence-electron chi connectivity index (χ1n) is 6.17. The van der Waals surface area contributed by atoms with Crippen LogP contribution in [-0.4, -0.2) is 19.1 Å². The Morgan fingerprint density at radius 1 is 1.39 bits per heavy atom. The quantitative estimate of drug-likeness (QED) is 0.809. The van der Waals surface area contributed by atoms with E-state index in [-0.39, 0.29) is 0 Å². The maximum atomic E-state index is 11.1. The molecule has 0 aromatic heterocycles. The van der Waals surface area contributed by atoms with E-state index in [1.54, 1.807) is 18.2 Å². The predicted molar refractivity (Wildman–Crippen MR) is 70.6 cm³/mol. The van der Waals surface area contributed by atoms with E-state index in [4.69, 9.17) is 15.2 Å². The number of benzene rings is 1. The summed E-state index contributed by atoms with van der Waals surface area (Å²) in [6, 6.07) is 5.16. The van der Waals surface area contributed by atoms with Gasteiger partial charge in [0, 0.05) is 17.7 Å². The topological polar surface area (TPSA) is 61.5 Å². The van der Waals surface area contributed by atoms with Gasteiger partial charge in [-0.05, 0) is 31.0 Å². The molecule has 0 aliphatic rings. The van der Waals surface area contributed by atoms with Crippen molar-refractivity contribution in [3.05, 3.63) is 29.3 Å². The molecule has 0 radical (unpaired) electrons. The molecule has 0 spiro atoms. The van der Waals surface area contributed by atoms with Crippen LogP contribution in [0.25, 0.3) is 0 Å². The molecule has 1 rings (SSSR count). The van der Waals surface area contributed by atoms with E-state index >= 15 is 0 Å². The van der Waals surface area contributed by atoms with Crippen LogP contribution in [0.3, 0.4) is 0 Å². The molecule has 1 aromatic carbocycles. The van der Waals surface area contributed by atoms with Gasteiger partial charge in [-0.25, -0.2) is 0 Å². The highest BCUT2D eigenvalue weighted by Gasteiger charge is 2.08. The Hall–Kier alpha value is -1.55. The fourth-order valence-electron chi connectivity index (χ4n) is 1.55. The number of primary amides is 1. The molecular weight excluding hydrogens is 230 g/mol. The molecule has 18 heavy (non-hydrogen) atoms. The zero-order chi connectivity index (χ0) is 13.5. The Bertz CT molecular complexity index is 402. The number of carbonyl (C=O) groups is 1.